The van der Waals surface area contributed by atoms with Gasteiger partial charge < -0.3 is 30.9 Å². The van der Waals surface area contributed by atoms with Gasteiger partial charge in [-0.2, -0.15) is 0 Å². The van der Waals surface area contributed by atoms with Crippen LogP contribution in [-0.4, -0.2) is 54.8 Å². The van der Waals surface area contributed by atoms with Crippen molar-refractivity contribution in [3.63, 3.8) is 0 Å². The average Bonchev–Trinajstić information content (AvgIpc) is 2.77. The Bertz CT molecular complexity index is 955. The Morgan fingerprint density at radius 2 is 2.12 bits per heavy atom. The number of nitrogens with zero attached hydrogens (tertiary/aromatic N) is 1. The zero-order chi connectivity index (χ0) is 23.3. The van der Waals surface area contributed by atoms with Gasteiger partial charge in [0, 0.05) is 31.6 Å². The number of carbonyl (C=O) groups excluding carboxylic acids is 1. The summed E-state index contributed by atoms with van der Waals surface area (Å²) < 4.78 is 5.25. The molecule has 0 unspecified atom stereocenters. The minimum atomic E-state index is -0.970. The molecule has 1 fully saturated rings. The summed E-state index contributed by atoms with van der Waals surface area (Å²) in [6.45, 7) is 1.72. The van der Waals surface area contributed by atoms with Crippen molar-refractivity contribution in [2.75, 3.05) is 39.5 Å². The monoisotopic (exact) mass is 461 g/mol. The minimum absolute atomic E-state index is 0.0368. The molecular formula is C24H32ClN3O4. The predicted molar refractivity (Wildman–Crippen MR) is 126 cm³/mol. The first kappa shape index (κ1) is 24.2. The Balaban J connectivity index is 1.59. The summed E-state index contributed by atoms with van der Waals surface area (Å²) in [7, 11) is 3.45. The van der Waals surface area contributed by atoms with Crippen LogP contribution in [0.4, 0.5) is 5.69 Å². The van der Waals surface area contributed by atoms with Crippen molar-refractivity contribution in [1.82, 2.24) is 10.2 Å². The second-order valence-corrected chi connectivity index (χ2v) is 8.92. The fourth-order valence-electron chi connectivity index (χ4n) is 4.46. The van der Waals surface area contributed by atoms with Gasteiger partial charge in [0.2, 0.25) is 0 Å². The van der Waals surface area contributed by atoms with Crippen molar-refractivity contribution in [2.45, 2.75) is 31.3 Å². The summed E-state index contributed by atoms with van der Waals surface area (Å²) in [5.74, 6) is 0.284. The van der Waals surface area contributed by atoms with E-state index in [2.05, 4.69) is 10.2 Å². The number of rotatable bonds is 8. The molecule has 0 spiro atoms. The molecule has 0 aliphatic heterocycles. The molecule has 8 heteroatoms. The topological polar surface area (TPSA) is 108 Å². The Morgan fingerprint density at radius 3 is 2.84 bits per heavy atom. The molecule has 2 aromatic rings. The maximum absolute atomic E-state index is 12.6. The molecular weight excluding hydrogens is 430 g/mol. The number of amides is 1. The van der Waals surface area contributed by atoms with E-state index in [-0.39, 0.29) is 17.6 Å². The number of aromatic hydroxyl groups is 1. The van der Waals surface area contributed by atoms with Gasteiger partial charge in [-0.25, -0.2) is 0 Å². The lowest BCUT2D eigenvalue weighted by molar-refractivity contribution is -0.0636. The fraction of sp³-hybridized carbons (Fsp3) is 0.458. The quantitative estimate of drug-likeness (QED) is 0.449. The Kier molecular flexibility index (Phi) is 7.87. The molecule has 3 rings (SSSR count). The van der Waals surface area contributed by atoms with Crippen LogP contribution in [0.3, 0.4) is 0 Å². The normalized spacial score (nSPS) is 20.8. The zero-order valence-corrected chi connectivity index (χ0v) is 19.4. The number of phenols is 1. The van der Waals surface area contributed by atoms with Gasteiger partial charge in [-0.05, 0) is 43.7 Å². The summed E-state index contributed by atoms with van der Waals surface area (Å²) in [4.78, 5) is 14.7. The Labute approximate surface area is 194 Å². The molecule has 174 valence electrons. The van der Waals surface area contributed by atoms with Crippen LogP contribution < -0.4 is 15.8 Å². The van der Waals surface area contributed by atoms with E-state index >= 15 is 0 Å². The van der Waals surface area contributed by atoms with Gasteiger partial charge in [-0.1, -0.05) is 36.6 Å². The molecule has 1 aliphatic carbocycles. The Hall–Kier alpha value is -2.48. The van der Waals surface area contributed by atoms with Crippen LogP contribution in [0, 0.1) is 5.92 Å². The van der Waals surface area contributed by atoms with Gasteiger partial charge >= 0.3 is 0 Å². The van der Waals surface area contributed by atoms with Crippen LogP contribution in [0.1, 0.15) is 41.6 Å². The van der Waals surface area contributed by atoms with E-state index in [9.17, 15) is 15.0 Å². The number of ether oxygens (including phenoxy) is 1. The maximum Gasteiger partial charge on any atom is 0.255 e. The highest BCUT2D eigenvalue weighted by atomic mass is 35.5. The summed E-state index contributed by atoms with van der Waals surface area (Å²) in [6.07, 6.45) is 3.59. The lowest BCUT2D eigenvalue weighted by Crippen LogP contribution is -2.45. The van der Waals surface area contributed by atoms with Crippen LogP contribution in [0.2, 0.25) is 5.02 Å². The first-order valence-electron chi connectivity index (χ1n) is 10.9. The third-order valence-corrected chi connectivity index (χ3v) is 6.58. The number of nitrogens with one attached hydrogen (secondary N) is 1. The molecule has 0 aromatic heterocycles. The smallest absolute Gasteiger partial charge is 0.255 e. The van der Waals surface area contributed by atoms with Crippen LogP contribution in [0.5, 0.6) is 11.5 Å². The molecule has 32 heavy (non-hydrogen) atoms. The third kappa shape index (κ3) is 5.46. The van der Waals surface area contributed by atoms with Crippen molar-refractivity contribution in [2.24, 2.45) is 5.92 Å². The molecule has 0 radical (unpaired) electrons. The third-order valence-electron chi connectivity index (χ3n) is 6.26. The van der Waals surface area contributed by atoms with Gasteiger partial charge in [-0.3, -0.25) is 4.79 Å². The van der Waals surface area contributed by atoms with Crippen LogP contribution in [-0.2, 0) is 5.60 Å². The summed E-state index contributed by atoms with van der Waals surface area (Å²) in [5, 5.41) is 24.6. The lowest BCUT2D eigenvalue weighted by atomic mass is 9.71. The number of carbonyl (C=O) groups is 1. The first-order valence-corrected chi connectivity index (χ1v) is 11.2. The molecule has 1 saturated carbocycles. The number of aliphatic hydroxyl groups is 1. The summed E-state index contributed by atoms with van der Waals surface area (Å²) >= 11 is 6.06. The number of benzene rings is 2. The van der Waals surface area contributed by atoms with E-state index in [0.29, 0.717) is 48.1 Å². The van der Waals surface area contributed by atoms with E-state index in [1.54, 1.807) is 18.2 Å². The highest BCUT2D eigenvalue weighted by Crippen LogP contribution is 2.42. The number of likely N-dealkylation sites (N-methyl/N-ethyl adjacent to an activating group) is 1. The molecule has 0 saturated heterocycles. The molecule has 0 bridgehead atoms. The Morgan fingerprint density at radius 1 is 1.34 bits per heavy atom. The van der Waals surface area contributed by atoms with E-state index in [4.69, 9.17) is 22.1 Å². The number of hydrogen-bond donors (Lipinski definition) is 4. The number of hydrogen-bond acceptors (Lipinski definition) is 6. The van der Waals surface area contributed by atoms with Crippen molar-refractivity contribution in [3.8, 4) is 11.5 Å². The van der Waals surface area contributed by atoms with E-state index in [1.807, 2.05) is 13.1 Å². The number of halogens is 1. The number of methoxy groups -OCH3 is 1. The molecule has 1 amide bonds. The van der Waals surface area contributed by atoms with Crippen LogP contribution >= 0.6 is 11.6 Å². The van der Waals surface area contributed by atoms with Crippen molar-refractivity contribution in [3.05, 3.63) is 52.5 Å². The molecule has 2 atom stereocenters. The van der Waals surface area contributed by atoms with Crippen LogP contribution in [0.25, 0.3) is 0 Å². The molecule has 1 aliphatic rings. The number of anilines is 1. The van der Waals surface area contributed by atoms with Crippen molar-refractivity contribution >= 4 is 23.2 Å². The minimum Gasteiger partial charge on any atom is -0.508 e. The first-order chi connectivity index (χ1) is 15.2. The maximum atomic E-state index is 12.6. The average molecular weight is 462 g/mol. The van der Waals surface area contributed by atoms with E-state index in [1.165, 1.54) is 19.2 Å². The summed E-state index contributed by atoms with van der Waals surface area (Å²) in [5.41, 5.74) is 6.26. The molecule has 7 nitrogen and oxygen atoms in total. The van der Waals surface area contributed by atoms with Crippen molar-refractivity contribution < 1.29 is 19.7 Å². The largest absolute Gasteiger partial charge is 0.508 e. The second-order valence-electron chi connectivity index (χ2n) is 8.51. The van der Waals surface area contributed by atoms with Gasteiger partial charge in [0.05, 0.1) is 29.0 Å². The van der Waals surface area contributed by atoms with Crippen LogP contribution in [0.15, 0.2) is 36.4 Å². The van der Waals surface area contributed by atoms with Gasteiger partial charge in [-0.15, -0.1) is 0 Å². The fourth-order valence-corrected chi connectivity index (χ4v) is 4.63. The highest BCUT2D eigenvalue weighted by Gasteiger charge is 2.40. The molecule has 2 aromatic carbocycles. The van der Waals surface area contributed by atoms with Gasteiger partial charge in [0.1, 0.15) is 11.5 Å². The van der Waals surface area contributed by atoms with E-state index in [0.717, 1.165) is 24.8 Å². The van der Waals surface area contributed by atoms with Gasteiger partial charge in [0.15, 0.2) is 0 Å². The molecule has 5 N–H and O–H groups in total. The zero-order valence-electron chi connectivity index (χ0n) is 18.6. The summed E-state index contributed by atoms with van der Waals surface area (Å²) in [6, 6.07) is 9.96. The SMILES string of the molecule is COc1cc(N)c(Cl)cc1C(=O)NCCN(C)C[C@@H]1CCCC[C@@]1(O)c1cccc(O)c1. The second kappa shape index (κ2) is 10.4. The number of nitrogen functional groups attached to an aromatic ring is 1. The number of phenolic OH excluding ortho intramolecular Hbond substituents is 1. The number of nitrogens with two attached hydrogens (primary N) is 1. The highest BCUT2D eigenvalue weighted by molar-refractivity contribution is 6.33. The predicted octanol–water partition coefficient (Wildman–Crippen LogP) is 3.38. The lowest BCUT2D eigenvalue weighted by Gasteiger charge is -2.42. The standard InChI is InChI=1S/C24H32ClN3O4/c1-28(11-10-27-23(30)19-13-20(25)21(26)14-22(19)32-2)15-17-6-3-4-9-24(17,31)16-7-5-8-18(29)12-16/h5,7-8,12-14,17,29,31H,3-4,6,9-11,15,26H2,1-2H3,(H,27,30)/t17-,24+/m0/s1. The van der Waals surface area contributed by atoms with E-state index < -0.39 is 5.60 Å². The molecule has 0 heterocycles. The van der Waals surface area contributed by atoms with Crippen molar-refractivity contribution in [1.29, 1.82) is 0 Å². The van der Waals surface area contributed by atoms with Gasteiger partial charge in [0.25, 0.3) is 5.91 Å².